The highest BCUT2D eigenvalue weighted by Crippen LogP contribution is 2.24. The van der Waals surface area contributed by atoms with Gasteiger partial charge in [0.25, 0.3) is 0 Å². The van der Waals surface area contributed by atoms with Crippen LogP contribution in [-0.4, -0.2) is 33.7 Å². The second kappa shape index (κ2) is 7.02. The predicted molar refractivity (Wildman–Crippen MR) is 91.9 cm³/mol. The number of piperidine rings is 1. The standard InChI is InChI=1S/C15H25N5S/c1-10(2)16-15(21)19-14-17-11(3)9-13(18-14)20-8-6-5-7-12(20)4/h9-10,12H,5-8H2,1-4H3,(H2,16,17,18,19,21)/t12-/m0/s1. The highest BCUT2D eigenvalue weighted by Gasteiger charge is 2.20. The summed E-state index contributed by atoms with van der Waals surface area (Å²) in [5.74, 6) is 1.56. The smallest absolute Gasteiger partial charge is 0.231 e. The third-order valence-electron chi connectivity index (χ3n) is 3.58. The maximum absolute atomic E-state index is 5.26. The second-order valence-electron chi connectivity index (χ2n) is 5.98. The Labute approximate surface area is 132 Å². The van der Waals surface area contributed by atoms with Gasteiger partial charge in [-0.2, -0.15) is 4.98 Å². The van der Waals surface area contributed by atoms with Crippen molar-refractivity contribution >= 4 is 29.1 Å². The van der Waals surface area contributed by atoms with Crippen LogP contribution in [0.5, 0.6) is 0 Å². The third kappa shape index (κ3) is 4.52. The number of nitrogens with one attached hydrogen (secondary N) is 2. The second-order valence-corrected chi connectivity index (χ2v) is 6.39. The first kappa shape index (κ1) is 15.9. The lowest BCUT2D eigenvalue weighted by molar-refractivity contribution is 0.481. The van der Waals surface area contributed by atoms with Crippen LogP contribution in [0.15, 0.2) is 6.07 Å². The summed E-state index contributed by atoms with van der Waals surface area (Å²) in [6.45, 7) is 9.40. The van der Waals surface area contributed by atoms with Gasteiger partial charge in [0.05, 0.1) is 0 Å². The van der Waals surface area contributed by atoms with Crippen molar-refractivity contribution in [1.82, 2.24) is 15.3 Å². The molecule has 0 aromatic carbocycles. The fourth-order valence-electron chi connectivity index (χ4n) is 2.59. The van der Waals surface area contributed by atoms with E-state index in [9.17, 15) is 0 Å². The first-order valence-corrected chi connectivity index (χ1v) is 8.06. The van der Waals surface area contributed by atoms with E-state index in [1.54, 1.807) is 0 Å². The Balaban J connectivity index is 2.15. The molecule has 0 aliphatic carbocycles. The summed E-state index contributed by atoms with van der Waals surface area (Å²) in [7, 11) is 0. The number of aromatic nitrogens is 2. The molecule has 0 amide bonds. The number of aryl methyl sites for hydroxylation is 1. The molecule has 0 unspecified atom stereocenters. The maximum atomic E-state index is 5.26. The monoisotopic (exact) mass is 307 g/mol. The summed E-state index contributed by atoms with van der Waals surface area (Å²) < 4.78 is 0. The first-order chi connectivity index (χ1) is 9.95. The minimum absolute atomic E-state index is 0.288. The largest absolute Gasteiger partial charge is 0.360 e. The molecule has 2 rings (SSSR count). The molecule has 0 bridgehead atoms. The van der Waals surface area contributed by atoms with E-state index in [1.165, 1.54) is 19.3 Å². The van der Waals surface area contributed by atoms with E-state index < -0.39 is 0 Å². The Bertz CT molecular complexity index is 503. The maximum Gasteiger partial charge on any atom is 0.231 e. The zero-order valence-corrected chi connectivity index (χ0v) is 14.1. The molecule has 1 fully saturated rings. The Kier molecular flexibility index (Phi) is 5.33. The van der Waals surface area contributed by atoms with E-state index in [0.717, 1.165) is 18.1 Å². The molecule has 0 saturated carbocycles. The highest BCUT2D eigenvalue weighted by molar-refractivity contribution is 7.80. The Morgan fingerprint density at radius 1 is 1.38 bits per heavy atom. The molecule has 1 aliphatic heterocycles. The van der Waals surface area contributed by atoms with Crippen LogP contribution in [0.25, 0.3) is 0 Å². The molecule has 1 aromatic rings. The lowest BCUT2D eigenvalue weighted by Gasteiger charge is -2.34. The fourth-order valence-corrected chi connectivity index (χ4v) is 2.92. The van der Waals surface area contributed by atoms with Crippen LogP contribution in [0.3, 0.4) is 0 Å². The minimum Gasteiger partial charge on any atom is -0.360 e. The Hall–Kier alpha value is -1.43. The van der Waals surface area contributed by atoms with E-state index in [-0.39, 0.29) is 6.04 Å². The van der Waals surface area contributed by atoms with Crippen molar-refractivity contribution in [2.24, 2.45) is 0 Å². The van der Waals surface area contributed by atoms with Crippen LogP contribution < -0.4 is 15.5 Å². The van der Waals surface area contributed by atoms with Gasteiger partial charge in [0.2, 0.25) is 5.95 Å². The summed E-state index contributed by atoms with van der Waals surface area (Å²) in [5, 5.41) is 6.79. The van der Waals surface area contributed by atoms with Gasteiger partial charge in [-0.3, -0.25) is 0 Å². The molecular weight excluding hydrogens is 282 g/mol. The zero-order chi connectivity index (χ0) is 15.4. The van der Waals surface area contributed by atoms with Crippen LogP contribution in [0.4, 0.5) is 11.8 Å². The van der Waals surface area contributed by atoms with Crippen LogP contribution in [0, 0.1) is 6.92 Å². The van der Waals surface area contributed by atoms with Gasteiger partial charge in [-0.15, -0.1) is 0 Å². The van der Waals surface area contributed by atoms with Crippen molar-refractivity contribution in [2.75, 3.05) is 16.8 Å². The van der Waals surface area contributed by atoms with Crippen molar-refractivity contribution in [2.45, 2.75) is 59.0 Å². The van der Waals surface area contributed by atoms with Crippen molar-refractivity contribution in [1.29, 1.82) is 0 Å². The number of hydrogen-bond acceptors (Lipinski definition) is 4. The summed E-state index contributed by atoms with van der Waals surface area (Å²) in [4.78, 5) is 11.4. The molecule has 5 nitrogen and oxygen atoms in total. The molecule has 1 aliphatic rings. The molecule has 21 heavy (non-hydrogen) atoms. The summed E-state index contributed by atoms with van der Waals surface area (Å²) >= 11 is 5.26. The average Bonchev–Trinajstić information content (AvgIpc) is 2.37. The summed E-state index contributed by atoms with van der Waals surface area (Å²) in [6, 6.07) is 2.87. The Morgan fingerprint density at radius 3 is 2.81 bits per heavy atom. The fraction of sp³-hybridized carbons (Fsp3) is 0.667. The molecule has 1 saturated heterocycles. The van der Waals surface area contributed by atoms with Gasteiger partial charge in [0.1, 0.15) is 5.82 Å². The average molecular weight is 307 g/mol. The number of thiocarbonyl (C=S) groups is 1. The molecule has 2 heterocycles. The predicted octanol–water partition coefficient (Wildman–Crippen LogP) is 2.86. The molecule has 116 valence electrons. The zero-order valence-electron chi connectivity index (χ0n) is 13.3. The molecule has 1 aromatic heterocycles. The summed E-state index contributed by atoms with van der Waals surface area (Å²) in [6.07, 6.45) is 3.75. The molecule has 0 spiro atoms. The Morgan fingerprint density at radius 2 is 2.14 bits per heavy atom. The van der Waals surface area contributed by atoms with Crippen LogP contribution >= 0.6 is 12.2 Å². The van der Waals surface area contributed by atoms with Crippen molar-refractivity contribution in [3.63, 3.8) is 0 Å². The normalized spacial score (nSPS) is 18.7. The van der Waals surface area contributed by atoms with Gasteiger partial charge in [-0.1, -0.05) is 0 Å². The molecule has 0 radical (unpaired) electrons. The van der Waals surface area contributed by atoms with Crippen LogP contribution in [-0.2, 0) is 0 Å². The van der Waals surface area contributed by atoms with Gasteiger partial charge in [0, 0.05) is 30.4 Å². The minimum atomic E-state index is 0.288. The van der Waals surface area contributed by atoms with Gasteiger partial charge < -0.3 is 15.5 Å². The number of anilines is 2. The van der Waals surface area contributed by atoms with Crippen LogP contribution in [0.2, 0.25) is 0 Å². The third-order valence-corrected chi connectivity index (χ3v) is 3.80. The SMILES string of the molecule is Cc1cc(N2CCCC[C@@H]2C)nc(NC(=S)NC(C)C)n1. The topological polar surface area (TPSA) is 53.1 Å². The number of hydrogen-bond donors (Lipinski definition) is 2. The van der Waals surface area contributed by atoms with E-state index in [0.29, 0.717) is 17.1 Å². The van der Waals surface area contributed by atoms with E-state index >= 15 is 0 Å². The van der Waals surface area contributed by atoms with E-state index in [1.807, 2.05) is 26.8 Å². The summed E-state index contributed by atoms with van der Waals surface area (Å²) in [5.41, 5.74) is 0.952. The quantitative estimate of drug-likeness (QED) is 0.838. The van der Waals surface area contributed by atoms with Crippen molar-refractivity contribution < 1.29 is 0 Å². The van der Waals surface area contributed by atoms with Crippen LogP contribution in [0.1, 0.15) is 45.7 Å². The van der Waals surface area contributed by atoms with E-state index in [2.05, 4.69) is 32.4 Å². The number of rotatable bonds is 3. The highest BCUT2D eigenvalue weighted by atomic mass is 32.1. The number of nitrogens with zero attached hydrogens (tertiary/aromatic N) is 3. The molecule has 6 heteroatoms. The lowest BCUT2D eigenvalue weighted by atomic mass is 10.0. The molecule has 1 atom stereocenters. The van der Waals surface area contributed by atoms with E-state index in [4.69, 9.17) is 12.2 Å². The van der Waals surface area contributed by atoms with Gasteiger partial charge in [-0.25, -0.2) is 4.98 Å². The van der Waals surface area contributed by atoms with Gasteiger partial charge in [-0.05, 0) is 59.2 Å². The van der Waals surface area contributed by atoms with Gasteiger partial charge in [0.15, 0.2) is 5.11 Å². The lowest BCUT2D eigenvalue weighted by Crippen LogP contribution is -2.38. The molecular formula is C15H25N5S. The van der Waals surface area contributed by atoms with Gasteiger partial charge >= 0.3 is 0 Å². The molecule has 2 N–H and O–H groups in total. The first-order valence-electron chi connectivity index (χ1n) is 7.65. The van der Waals surface area contributed by atoms with Crippen molar-refractivity contribution in [3.05, 3.63) is 11.8 Å². The van der Waals surface area contributed by atoms with Crippen molar-refractivity contribution in [3.8, 4) is 0 Å².